The summed E-state index contributed by atoms with van der Waals surface area (Å²) in [5, 5.41) is 15.5. The van der Waals surface area contributed by atoms with Crippen LogP contribution in [0.5, 0.6) is 0 Å². The first-order valence-corrected chi connectivity index (χ1v) is 6.69. The summed E-state index contributed by atoms with van der Waals surface area (Å²) in [6.45, 7) is 2.87. The van der Waals surface area contributed by atoms with Crippen molar-refractivity contribution in [3.8, 4) is 17.6 Å². The van der Waals surface area contributed by atoms with Crippen LogP contribution < -0.4 is 5.56 Å². The number of benzene rings is 1. The maximum absolute atomic E-state index is 11.1. The molecule has 3 rings (SSSR count). The Bertz CT molecular complexity index is 880. The number of imidazole rings is 1. The average molecular weight is 279 g/mol. The standard InChI is InChI=1S/C15H13N5O/c1-2-7-20-13-5-3-10(9-16)8-12(13)17-15(20)11-4-6-14(21)19-18-11/h3-6,8H,2,7H2,1H3,(H,19,21). The Morgan fingerprint density at radius 3 is 2.86 bits per heavy atom. The average Bonchev–Trinajstić information content (AvgIpc) is 2.86. The molecule has 3 aromatic rings. The van der Waals surface area contributed by atoms with Crippen LogP contribution in [-0.2, 0) is 6.54 Å². The molecule has 0 saturated heterocycles. The van der Waals surface area contributed by atoms with Gasteiger partial charge < -0.3 is 4.57 Å². The highest BCUT2D eigenvalue weighted by molar-refractivity contribution is 5.81. The molecule has 0 amide bonds. The Balaban J connectivity index is 2.25. The molecule has 104 valence electrons. The van der Waals surface area contributed by atoms with Crippen molar-refractivity contribution >= 4 is 11.0 Å². The predicted molar refractivity (Wildman–Crippen MR) is 78.6 cm³/mol. The maximum atomic E-state index is 11.1. The molecule has 1 aromatic carbocycles. The van der Waals surface area contributed by atoms with Gasteiger partial charge in [-0.15, -0.1) is 0 Å². The minimum Gasteiger partial charge on any atom is -0.323 e. The molecule has 0 aliphatic heterocycles. The molecule has 0 atom stereocenters. The minimum atomic E-state index is -0.247. The van der Waals surface area contributed by atoms with Crippen LogP contribution in [0.3, 0.4) is 0 Å². The molecule has 0 radical (unpaired) electrons. The topological polar surface area (TPSA) is 87.4 Å². The first-order valence-electron chi connectivity index (χ1n) is 6.69. The smallest absolute Gasteiger partial charge is 0.264 e. The molecule has 0 bridgehead atoms. The molecule has 2 aromatic heterocycles. The summed E-state index contributed by atoms with van der Waals surface area (Å²) in [7, 11) is 0. The summed E-state index contributed by atoms with van der Waals surface area (Å²) in [6, 6.07) is 10.6. The van der Waals surface area contributed by atoms with Gasteiger partial charge in [0.2, 0.25) is 0 Å². The summed E-state index contributed by atoms with van der Waals surface area (Å²) in [5.74, 6) is 0.693. The van der Waals surface area contributed by atoms with Crippen LogP contribution in [0.2, 0.25) is 0 Å². The molecule has 0 aliphatic rings. The van der Waals surface area contributed by atoms with Gasteiger partial charge in [-0.3, -0.25) is 4.79 Å². The highest BCUT2D eigenvalue weighted by atomic mass is 16.1. The fraction of sp³-hybridized carbons (Fsp3) is 0.200. The van der Waals surface area contributed by atoms with E-state index in [2.05, 4.69) is 32.7 Å². The minimum absolute atomic E-state index is 0.247. The van der Waals surface area contributed by atoms with E-state index in [1.165, 1.54) is 6.07 Å². The molecule has 6 heteroatoms. The van der Waals surface area contributed by atoms with Gasteiger partial charge in [0.05, 0.1) is 22.7 Å². The number of fused-ring (bicyclic) bond motifs is 1. The molecule has 0 aliphatic carbocycles. The van der Waals surface area contributed by atoms with E-state index in [9.17, 15) is 4.79 Å². The van der Waals surface area contributed by atoms with Crippen molar-refractivity contribution in [1.82, 2.24) is 19.7 Å². The fourth-order valence-corrected chi connectivity index (χ4v) is 2.31. The molecule has 0 fully saturated rings. The molecule has 0 unspecified atom stereocenters. The van der Waals surface area contributed by atoms with E-state index in [4.69, 9.17) is 5.26 Å². The van der Waals surface area contributed by atoms with Crippen LogP contribution in [-0.4, -0.2) is 19.7 Å². The van der Waals surface area contributed by atoms with Crippen LogP contribution in [0, 0.1) is 11.3 Å². The zero-order chi connectivity index (χ0) is 14.8. The molecule has 0 spiro atoms. The van der Waals surface area contributed by atoms with E-state index in [1.54, 1.807) is 18.2 Å². The van der Waals surface area contributed by atoms with Crippen molar-refractivity contribution in [2.75, 3.05) is 0 Å². The second-order valence-electron chi connectivity index (χ2n) is 4.71. The molecule has 1 N–H and O–H groups in total. The Kier molecular flexibility index (Phi) is 3.24. The Morgan fingerprint density at radius 2 is 2.19 bits per heavy atom. The summed E-state index contributed by atoms with van der Waals surface area (Å²) in [4.78, 5) is 15.7. The van der Waals surface area contributed by atoms with Gasteiger partial charge in [-0.25, -0.2) is 10.1 Å². The number of hydrogen-bond acceptors (Lipinski definition) is 4. The zero-order valence-electron chi connectivity index (χ0n) is 11.5. The van der Waals surface area contributed by atoms with E-state index in [1.807, 2.05) is 6.07 Å². The predicted octanol–water partition coefficient (Wildman–Crippen LogP) is 2.07. The summed E-state index contributed by atoms with van der Waals surface area (Å²) in [6.07, 6.45) is 0.946. The molecular weight excluding hydrogens is 266 g/mol. The van der Waals surface area contributed by atoms with Crippen molar-refractivity contribution < 1.29 is 0 Å². The van der Waals surface area contributed by atoms with Crippen LogP contribution >= 0.6 is 0 Å². The number of rotatable bonds is 3. The van der Waals surface area contributed by atoms with E-state index in [0.717, 1.165) is 24.0 Å². The second-order valence-corrected chi connectivity index (χ2v) is 4.71. The highest BCUT2D eigenvalue weighted by Crippen LogP contribution is 2.24. The first-order chi connectivity index (χ1) is 10.2. The van der Waals surface area contributed by atoms with E-state index in [0.29, 0.717) is 17.1 Å². The van der Waals surface area contributed by atoms with Crippen LogP contribution in [0.25, 0.3) is 22.6 Å². The van der Waals surface area contributed by atoms with Gasteiger partial charge in [-0.05, 0) is 30.7 Å². The SMILES string of the molecule is CCCn1c(-c2ccc(=O)[nH]n2)nc2cc(C#N)ccc21. The quantitative estimate of drug-likeness (QED) is 0.795. The van der Waals surface area contributed by atoms with Crippen molar-refractivity contribution in [3.05, 3.63) is 46.2 Å². The lowest BCUT2D eigenvalue weighted by Gasteiger charge is -2.06. The summed E-state index contributed by atoms with van der Waals surface area (Å²) in [5.41, 5.74) is 2.65. The number of nitrogens with one attached hydrogen (secondary N) is 1. The lowest BCUT2D eigenvalue weighted by Crippen LogP contribution is -2.08. The van der Waals surface area contributed by atoms with Gasteiger partial charge in [-0.1, -0.05) is 6.92 Å². The molecule has 0 saturated carbocycles. The Morgan fingerprint density at radius 1 is 1.33 bits per heavy atom. The van der Waals surface area contributed by atoms with Crippen LogP contribution in [0.1, 0.15) is 18.9 Å². The van der Waals surface area contributed by atoms with E-state index >= 15 is 0 Å². The van der Waals surface area contributed by atoms with E-state index < -0.39 is 0 Å². The molecule has 21 heavy (non-hydrogen) atoms. The van der Waals surface area contributed by atoms with Gasteiger partial charge in [0.1, 0.15) is 5.69 Å². The first kappa shape index (κ1) is 13.1. The molecule has 2 heterocycles. The second kappa shape index (κ2) is 5.21. The van der Waals surface area contributed by atoms with Gasteiger partial charge >= 0.3 is 0 Å². The van der Waals surface area contributed by atoms with Gasteiger partial charge in [0.25, 0.3) is 5.56 Å². The van der Waals surface area contributed by atoms with Crippen molar-refractivity contribution in [2.24, 2.45) is 0 Å². The van der Waals surface area contributed by atoms with E-state index in [-0.39, 0.29) is 5.56 Å². The molecule has 6 nitrogen and oxygen atoms in total. The monoisotopic (exact) mass is 279 g/mol. The third kappa shape index (κ3) is 2.30. The number of aryl methyl sites for hydroxylation is 1. The third-order valence-corrected chi connectivity index (χ3v) is 3.23. The third-order valence-electron chi connectivity index (χ3n) is 3.23. The maximum Gasteiger partial charge on any atom is 0.264 e. The number of aromatic nitrogens is 4. The lowest BCUT2D eigenvalue weighted by molar-refractivity contribution is 0.701. The number of aromatic amines is 1. The normalized spacial score (nSPS) is 10.7. The molecular formula is C15H13N5O. The van der Waals surface area contributed by atoms with Gasteiger partial charge in [0.15, 0.2) is 5.82 Å². The zero-order valence-corrected chi connectivity index (χ0v) is 11.5. The van der Waals surface area contributed by atoms with Crippen molar-refractivity contribution in [3.63, 3.8) is 0 Å². The Hall–Kier alpha value is -2.94. The summed E-state index contributed by atoms with van der Waals surface area (Å²) >= 11 is 0. The highest BCUT2D eigenvalue weighted by Gasteiger charge is 2.13. The van der Waals surface area contributed by atoms with Gasteiger partial charge in [0, 0.05) is 12.6 Å². The number of nitriles is 1. The van der Waals surface area contributed by atoms with Crippen LogP contribution in [0.4, 0.5) is 0 Å². The lowest BCUT2D eigenvalue weighted by atomic mass is 10.2. The largest absolute Gasteiger partial charge is 0.323 e. The van der Waals surface area contributed by atoms with Crippen molar-refractivity contribution in [1.29, 1.82) is 5.26 Å². The van der Waals surface area contributed by atoms with Gasteiger partial charge in [-0.2, -0.15) is 10.4 Å². The van der Waals surface area contributed by atoms with Crippen molar-refractivity contribution in [2.45, 2.75) is 19.9 Å². The number of hydrogen-bond donors (Lipinski definition) is 1. The summed E-state index contributed by atoms with van der Waals surface area (Å²) < 4.78 is 2.05. The number of H-pyrrole nitrogens is 1. The van der Waals surface area contributed by atoms with Crippen LogP contribution in [0.15, 0.2) is 35.1 Å². The Labute approximate surface area is 120 Å². The number of nitrogens with zero attached hydrogens (tertiary/aromatic N) is 4. The fourth-order valence-electron chi connectivity index (χ4n) is 2.31.